The third kappa shape index (κ3) is 2.57. The van der Waals surface area contributed by atoms with Gasteiger partial charge in [0.1, 0.15) is 34.8 Å². The molecule has 2 aromatic carbocycles. The second-order valence-corrected chi connectivity index (χ2v) is 7.99. The average molecular weight is 407 g/mol. The fourth-order valence-electron chi connectivity index (χ4n) is 4.74. The second-order valence-electron chi connectivity index (χ2n) is 7.99. The Labute approximate surface area is 174 Å². The lowest BCUT2D eigenvalue weighted by atomic mass is 9.82. The normalized spacial score (nSPS) is 20.8. The van der Waals surface area contributed by atoms with Gasteiger partial charge in [0.25, 0.3) is 0 Å². The first-order valence-corrected chi connectivity index (χ1v) is 9.81. The number of aliphatic hydroxyl groups excluding tert-OH is 1. The van der Waals surface area contributed by atoms with Crippen LogP contribution in [-0.4, -0.2) is 66.0 Å². The highest BCUT2D eigenvalue weighted by atomic mass is 16.5. The number of nitrogens with zero attached hydrogens (tertiary/aromatic N) is 3. The van der Waals surface area contributed by atoms with Crippen molar-refractivity contribution < 1.29 is 14.6 Å². The van der Waals surface area contributed by atoms with E-state index in [1.54, 1.807) is 14.2 Å². The molecule has 8 heteroatoms. The van der Waals surface area contributed by atoms with Crippen molar-refractivity contribution in [2.24, 2.45) is 5.73 Å². The first kappa shape index (κ1) is 18.8. The maximum Gasteiger partial charge on any atom is 0.140 e. The van der Waals surface area contributed by atoms with Crippen molar-refractivity contribution in [3.05, 3.63) is 54.1 Å². The summed E-state index contributed by atoms with van der Waals surface area (Å²) >= 11 is 0. The molecule has 2 aliphatic rings. The number of aliphatic hydroxyl groups is 1. The largest absolute Gasteiger partial charge is 0.497 e. The summed E-state index contributed by atoms with van der Waals surface area (Å²) in [4.78, 5) is 12.2. The lowest BCUT2D eigenvalue weighted by molar-refractivity contribution is 0.0194. The molecule has 1 atom stereocenters. The summed E-state index contributed by atoms with van der Waals surface area (Å²) < 4.78 is 10.9. The van der Waals surface area contributed by atoms with E-state index in [4.69, 9.17) is 20.2 Å². The number of ether oxygens (including phenoxy) is 2. The first-order chi connectivity index (χ1) is 14.5. The molecule has 1 unspecified atom stereocenters. The number of aromatic nitrogens is 2. The quantitative estimate of drug-likeness (QED) is 0.606. The number of H-pyrrole nitrogens is 1. The number of aromatic amines is 1. The van der Waals surface area contributed by atoms with E-state index < -0.39 is 11.6 Å². The Bertz CT molecular complexity index is 1090. The molecule has 3 heterocycles. The van der Waals surface area contributed by atoms with Gasteiger partial charge in [-0.3, -0.25) is 0 Å². The zero-order valence-corrected chi connectivity index (χ0v) is 17.2. The predicted molar refractivity (Wildman–Crippen MR) is 115 cm³/mol. The van der Waals surface area contributed by atoms with Crippen LogP contribution in [-0.2, 0) is 0 Å². The highest BCUT2D eigenvalue weighted by molar-refractivity contribution is 5.85. The third-order valence-corrected chi connectivity index (χ3v) is 6.07. The molecule has 30 heavy (non-hydrogen) atoms. The number of benzene rings is 2. The number of hydrogen-bond donors (Lipinski definition) is 3. The van der Waals surface area contributed by atoms with E-state index in [9.17, 15) is 5.11 Å². The lowest BCUT2D eigenvalue weighted by Crippen LogP contribution is -2.72. The SMILES string of the molecule is COc1cc(OC)cc(N2C(N)=C(c3nc4ccccc4[nH]3)C(O)C23CN(C)C3)c1. The van der Waals surface area contributed by atoms with Gasteiger partial charge in [-0.1, -0.05) is 12.1 Å². The molecule has 0 amide bonds. The summed E-state index contributed by atoms with van der Waals surface area (Å²) in [6, 6.07) is 13.4. The minimum absolute atomic E-state index is 0.477. The molecule has 1 fully saturated rings. The van der Waals surface area contributed by atoms with Crippen molar-refractivity contribution in [2.75, 3.05) is 39.3 Å². The van der Waals surface area contributed by atoms with Crippen molar-refractivity contribution in [1.29, 1.82) is 0 Å². The fourth-order valence-corrected chi connectivity index (χ4v) is 4.74. The van der Waals surface area contributed by atoms with Crippen LogP contribution in [0, 0.1) is 0 Å². The average Bonchev–Trinajstić information content (AvgIpc) is 3.24. The van der Waals surface area contributed by atoms with Gasteiger partial charge in [-0.15, -0.1) is 0 Å². The van der Waals surface area contributed by atoms with E-state index in [-0.39, 0.29) is 0 Å². The number of nitrogens with two attached hydrogens (primary N) is 1. The van der Waals surface area contributed by atoms with Gasteiger partial charge in [0.2, 0.25) is 0 Å². The molecular weight excluding hydrogens is 382 g/mol. The summed E-state index contributed by atoms with van der Waals surface area (Å²) in [7, 11) is 5.25. The molecule has 156 valence electrons. The van der Waals surface area contributed by atoms with E-state index in [2.05, 4.69) is 9.88 Å². The Morgan fingerprint density at radius 3 is 2.40 bits per heavy atom. The van der Waals surface area contributed by atoms with Gasteiger partial charge >= 0.3 is 0 Å². The molecule has 0 aliphatic carbocycles. The van der Waals surface area contributed by atoms with Gasteiger partial charge in [-0.2, -0.15) is 0 Å². The maximum atomic E-state index is 11.5. The van der Waals surface area contributed by atoms with E-state index >= 15 is 0 Å². The van der Waals surface area contributed by atoms with Gasteiger partial charge in [-0.25, -0.2) is 4.98 Å². The molecule has 1 saturated heterocycles. The molecule has 8 nitrogen and oxygen atoms in total. The van der Waals surface area contributed by atoms with Crippen LogP contribution >= 0.6 is 0 Å². The van der Waals surface area contributed by atoms with Crippen molar-refractivity contribution in [3.63, 3.8) is 0 Å². The molecule has 3 aromatic rings. The maximum absolute atomic E-state index is 11.5. The van der Waals surface area contributed by atoms with Crippen LogP contribution in [0.25, 0.3) is 16.6 Å². The van der Waals surface area contributed by atoms with E-state index in [1.807, 2.05) is 54.4 Å². The summed E-state index contributed by atoms with van der Waals surface area (Å²) in [6.45, 7) is 1.33. The standard InChI is InChI=1S/C22H25N5O3/c1-26-11-22(12-26)19(28)18(21-24-16-6-4-5-7-17(16)25-21)20(23)27(22)13-8-14(29-2)10-15(9-13)30-3/h4-10,19,28H,11-12,23H2,1-3H3,(H,24,25). The van der Waals surface area contributed by atoms with Crippen molar-refractivity contribution >= 4 is 22.3 Å². The third-order valence-electron chi connectivity index (χ3n) is 6.07. The first-order valence-electron chi connectivity index (χ1n) is 9.81. The number of fused-ring (bicyclic) bond motifs is 1. The van der Waals surface area contributed by atoms with Crippen LogP contribution in [0.1, 0.15) is 5.82 Å². The van der Waals surface area contributed by atoms with Gasteiger partial charge in [0.05, 0.1) is 36.5 Å². The number of methoxy groups -OCH3 is 2. The molecule has 0 saturated carbocycles. The Hall–Kier alpha value is -3.23. The van der Waals surface area contributed by atoms with Crippen LogP contribution in [0.3, 0.4) is 0 Å². The Kier molecular flexibility index (Phi) is 4.16. The molecular formula is C22H25N5O3. The Morgan fingerprint density at radius 2 is 1.80 bits per heavy atom. The summed E-state index contributed by atoms with van der Waals surface area (Å²) in [5, 5.41) is 11.5. The highest BCUT2D eigenvalue weighted by Crippen LogP contribution is 2.48. The molecule has 5 rings (SSSR count). The number of likely N-dealkylation sites (tertiary alicyclic amines) is 1. The van der Waals surface area contributed by atoms with Gasteiger partial charge < -0.3 is 35.1 Å². The molecule has 0 radical (unpaired) electrons. The monoisotopic (exact) mass is 407 g/mol. The zero-order valence-electron chi connectivity index (χ0n) is 17.2. The topological polar surface area (TPSA) is 99.9 Å². The number of para-hydroxylation sites is 2. The molecule has 0 bridgehead atoms. The zero-order chi connectivity index (χ0) is 21.0. The van der Waals surface area contributed by atoms with E-state index in [0.717, 1.165) is 16.7 Å². The molecule has 1 aromatic heterocycles. The van der Waals surface area contributed by atoms with Crippen LogP contribution < -0.4 is 20.1 Å². The Morgan fingerprint density at radius 1 is 1.13 bits per heavy atom. The van der Waals surface area contributed by atoms with Crippen LogP contribution in [0.4, 0.5) is 5.69 Å². The van der Waals surface area contributed by atoms with Gasteiger partial charge in [0, 0.05) is 31.3 Å². The number of imidazole rings is 1. The van der Waals surface area contributed by atoms with Crippen molar-refractivity contribution in [2.45, 2.75) is 11.6 Å². The number of anilines is 1. The Balaban J connectivity index is 1.68. The van der Waals surface area contributed by atoms with E-state index in [0.29, 0.717) is 41.8 Å². The second kappa shape index (κ2) is 6.65. The number of hydrogen-bond acceptors (Lipinski definition) is 7. The number of rotatable bonds is 4. The summed E-state index contributed by atoms with van der Waals surface area (Å²) in [5.74, 6) is 2.38. The molecule has 1 spiro atoms. The predicted octanol–water partition coefficient (Wildman–Crippen LogP) is 1.77. The number of nitrogens with one attached hydrogen (secondary N) is 1. The van der Waals surface area contributed by atoms with E-state index in [1.165, 1.54) is 0 Å². The lowest BCUT2D eigenvalue weighted by Gasteiger charge is -2.54. The van der Waals surface area contributed by atoms with Crippen LogP contribution in [0.15, 0.2) is 48.3 Å². The minimum Gasteiger partial charge on any atom is -0.497 e. The smallest absolute Gasteiger partial charge is 0.140 e. The summed E-state index contributed by atoms with van der Waals surface area (Å²) in [6.07, 6.45) is -0.800. The molecule has 4 N–H and O–H groups in total. The molecule has 2 aliphatic heterocycles. The van der Waals surface area contributed by atoms with Crippen LogP contribution in [0.5, 0.6) is 11.5 Å². The minimum atomic E-state index is -0.800. The van der Waals surface area contributed by atoms with Gasteiger partial charge in [-0.05, 0) is 19.2 Å². The van der Waals surface area contributed by atoms with Crippen LogP contribution in [0.2, 0.25) is 0 Å². The number of likely N-dealkylation sites (N-methyl/N-ethyl adjacent to an activating group) is 1. The highest BCUT2D eigenvalue weighted by Gasteiger charge is 2.59. The summed E-state index contributed by atoms with van der Waals surface area (Å²) in [5.41, 5.74) is 9.28. The van der Waals surface area contributed by atoms with Crippen molar-refractivity contribution in [1.82, 2.24) is 14.9 Å². The van der Waals surface area contributed by atoms with Gasteiger partial charge in [0.15, 0.2) is 0 Å². The fraction of sp³-hybridized carbons (Fsp3) is 0.318. The van der Waals surface area contributed by atoms with Crippen molar-refractivity contribution in [3.8, 4) is 11.5 Å².